The summed E-state index contributed by atoms with van der Waals surface area (Å²) < 4.78 is 13.3. The molecule has 1 aromatic carbocycles. The average molecular weight is 232 g/mol. The van der Waals surface area contributed by atoms with Crippen LogP contribution in [-0.2, 0) is 0 Å². The van der Waals surface area contributed by atoms with Gasteiger partial charge in [0.2, 0.25) is 5.56 Å². The lowest BCUT2D eigenvalue weighted by Crippen LogP contribution is -2.16. The quantitative estimate of drug-likeness (QED) is 0.828. The number of halogens is 1. The molecule has 0 atom stereocenters. The largest absolute Gasteiger partial charge is 0.329 e. The van der Waals surface area contributed by atoms with Crippen LogP contribution >= 0.6 is 0 Å². The maximum absolute atomic E-state index is 13.3. The number of nitrogens with one attached hydrogen (secondary N) is 2. The van der Waals surface area contributed by atoms with Crippen LogP contribution in [0.3, 0.4) is 0 Å². The van der Waals surface area contributed by atoms with Gasteiger partial charge in [0.25, 0.3) is 5.91 Å². The average Bonchev–Trinajstić information content (AvgIpc) is 2.32. The number of H-pyrrole nitrogens is 1. The first-order chi connectivity index (χ1) is 8.16. The molecule has 5 heteroatoms. The van der Waals surface area contributed by atoms with Crippen molar-refractivity contribution < 1.29 is 9.18 Å². The zero-order valence-corrected chi connectivity index (χ0v) is 8.74. The molecule has 2 aromatic rings. The lowest BCUT2D eigenvalue weighted by atomic mass is 10.2. The molecule has 0 fully saturated rings. The third-order valence-corrected chi connectivity index (χ3v) is 2.16. The Bertz CT molecular complexity index is 607. The molecule has 2 N–H and O–H groups in total. The lowest BCUT2D eigenvalue weighted by molar-refractivity contribution is 0.102. The molecule has 4 nitrogen and oxygen atoms in total. The molecule has 1 amide bonds. The standard InChI is InChI=1S/C12H9FN2O2/c13-9-3-1-2-4-10(9)15-12(17)8-5-6-14-11(16)7-8/h1-7H,(H,14,16)(H,15,17). The molecular formula is C12H9FN2O2. The highest BCUT2D eigenvalue weighted by atomic mass is 19.1. The van der Waals surface area contributed by atoms with Gasteiger partial charge in [-0.25, -0.2) is 4.39 Å². The number of benzene rings is 1. The van der Waals surface area contributed by atoms with Crippen LogP contribution in [0.5, 0.6) is 0 Å². The van der Waals surface area contributed by atoms with E-state index in [0.717, 1.165) is 6.07 Å². The van der Waals surface area contributed by atoms with Crippen molar-refractivity contribution >= 4 is 11.6 Å². The molecule has 0 aliphatic carbocycles. The third kappa shape index (κ3) is 2.57. The van der Waals surface area contributed by atoms with E-state index in [9.17, 15) is 14.0 Å². The number of hydrogen-bond acceptors (Lipinski definition) is 2. The van der Waals surface area contributed by atoms with Gasteiger partial charge < -0.3 is 10.3 Å². The minimum absolute atomic E-state index is 0.0813. The van der Waals surface area contributed by atoms with Gasteiger partial charge in [-0.1, -0.05) is 12.1 Å². The van der Waals surface area contributed by atoms with Gasteiger partial charge in [-0.15, -0.1) is 0 Å². The van der Waals surface area contributed by atoms with Gasteiger partial charge in [0, 0.05) is 17.8 Å². The number of carbonyl (C=O) groups is 1. The molecule has 0 aliphatic heterocycles. The Morgan fingerprint density at radius 1 is 1.24 bits per heavy atom. The summed E-state index contributed by atoms with van der Waals surface area (Å²) in [6.45, 7) is 0. The summed E-state index contributed by atoms with van der Waals surface area (Å²) in [6, 6.07) is 8.41. The predicted octanol–water partition coefficient (Wildman–Crippen LogP) is 1.77. The molecule has 1 heterocycles. The van der Waals surface area contributed by atoms with Crippen LogP contribution in [0.1, 0.15) is 10.4 Å². The minimum Gasteiger partial charge on any atom is -0.329 e. The van der Waals surface area contributed by atoms with E-state index in [1.54, 1.807) is 6.07 Å². The van der Waals surface area contributed by atoms with Crippen LogP contribution in [0.15, 0.2) is 47.4 Å². The zero-order valence-electron chi connectivity index (χ0n) is 8.74. The smallest absolute Gasteiger partial charge is 0.255 e. The monoisotopic (exact) mass is 232 g/mol. The van der Waals surface area contributed by atoms with Gasteiger partial charge in [-0.05, 0) is 18.2 Å². The summed E-state index contributed by atoms with van der Waals surface area (Å²) in [7, 11) is 0. The van der Waals surface area contributed by atoms with Crippen molar-refractivity contribution in [2.75, 3.05) is 5.32 Å². The van der Waals surface area contributed by atoms with Crippen molar-refractivity contribution in [1.82, 2.24) is 4.98 Å². The van der Waals surface area contributed by atoms with Gasteiger partial charge in [0.05, 0.1) is 5.69 Å². The number of anilines is 1. The highest BCUT2D eigenvalue weighted by Gasteiger charge is 2.08. The van der Waals surface area contributed by atoms with Crippen LogP contribution in [0.25, 0.3) is 0 Å². The molecule has 0 radical (unpaired) electrons. The summed E-state index contributed by atoms with van der Waals surface area (Å²) in [6.07, 6.45) is 1.36. The number of rotatable bonds is 2. The van der Waals surface area contributed by atoms with Gasteiger partial charge in [-0.3, -0.25) is 9.59 Å². The van der Waals surface area contributed by atoms with E-state index in [-0.39, 0.29) is 16.8 Å². The Hall–Kier alpha value is -2.43. The summed E-state index contributed by atoms with van der Waals surface area (Å²) in [5.74, 6) is -1.05. The van der Waals surface area contributed by atoms with E-state index in [0.29, 0.717) is 0 Å². The molecule has 1 aromatic heterocycles. The first-order valence-electron chi connectivity index (χ1n) is 4.91. The molecule has 0 saturated carbocycles. The van der Waals surface area contributed by atoms with Crippen LogP contribution in [0.4, 0.5) is 10.1 Å². The normalized spacial score (nSPS) is 9.94. The Morgan fingerprint density at radius 3 is 2.71 bits per heavy atom. The zero-order chi connectivity index (χ0) is 12.3. The molecule has 0 spiro atoms. The molecule has 17 heavy (non-hydrogen) atoms. The Balaban J connectivity index is 2.23. The first kappa shape index (κ1) is 11.1. The van der Waals surface area contributed by atoms with Gasteiger partial charge in [-0.2, -0.15) is 0 Å². The van der Waals surface area contributed by atoms with E-state index in [2.05, 4.69) is 10.3 Å². The van der Waals surface area contributed by atoms with E-state index < -0.39 is 11.7 Å². The van der Waals surface area contributed by atoms with Gasteiger partial charge in [0.15, 0.2) is 0 Å². The second kappa shape index (κ2) is 4.61. The van der Waals surface area contributed by atoms with Crippen molar-refractivity contribution in [2.24, 2.45) is 0 Å². The number of hydrogen-bond donors (Lipinski definition) is 2. The summed E-state index contributed by atoms with van der Waals surface area (Å²) in [5, 5.41) is 2.39. The maximum atomic E-state index is 13.3. The Kier molecular flexibility index (Phi) is 3.00. The second-order valence-corrected chi connectivity index (χ2v) is 3.38. The molecule has 0 bridgehead atoms. The van der Waals surface area contributed by atoms with Crippen LogP contribution < -0.4 is 10.9 Å². The van der Waals surface area contributed by atoms with Crippen molar-refractivity contribution in [2.45, 2.75) is 0 Å². The summed E-state index contributed by atoms with van der Waals surface area (Å²) in [4.78, 5) is 25.1. The van der Waals surface area contributed by atoms with Crippen LogP contribution in [0.2, 0.25) is 0 Å². The number of pyridine rings is 1. The predicted molar refractivity (Wildman–Crippen MR) is 61.4 cm³/mol. The second-order valence-electron chi connectivity index (χ2n) is 3.38. The number of amides is 1. The molecular weight excluding hydrogens is 223 g/mol. The highest BCUT2D eigenvalue weighted by Crippen LogP contribution is 2.13. The topological polar surface area (TPSA) is 62.0 Å². The summed E-state index contributed by atoms with van der Waals surface area (Å²) in [5.41, 5.74) is -0.124. The Labute approximate surface area is 96.1 Å². The fourth-order valence-electron chi connectivity index (χ4n) is 1.34. The third-order valence-electron chi connectivity index (χ3n) is 2.16. The van der Waals surface area contributed by atoms with E-state index >= 15 is 0 Å². The first-order valence-corrected chi connectivity index (χ1v) is 4.91. The minimum atomic E-state index is -0.527. The van der Waals surface area contributed by atoms with Crippen molar-refractivity contribution in [3.63, 3.8) is 0 Å². The summed E-state index contributed by atoms with van der Waals surface area (Å²) >= 11 is 0. The van der Waals surface area contributed by atoms with Crippen molar-refractivity contribution in [3.05, 3.63) is 64.3 Å². The van der Waals surface area contributed by atoms with Gasteiger partial charge >= 0.3 is 0 Å². The Morgan fingerprint density at radius 2 is 2.00 bits per heavy atom. The van der Waals surface area contributed by atoms with Crippen LogP contribution in [0, 0.1) is 5.82 Å². The lowest BCUT2D eigenvalue weighted by Gasteiger charge is -2.05. The van der Waals surface area contributed by atoms with Crippen molar-refractivity contribution in [3.8, 4) is 0 Å². The molecule has 0 aliphatic rings. The number of carbonyl (C=O) groups excluding carboxylic acids is 1. The number of aromatic nitrogens is 1. The fraction of sp³-hybridized carbons (Fsp3) is 0. The maximum Gasteiger partial charge on any atom is 0.255 e. The number of aromatic amines is 1. The van der Waals surface area contributed by atoms with Crippen LogP contribution in [-0.4, -0.2) is 10.9 Å². The molecule has 0 saturated heterocycles. The van der Waals surface area contributed by atoms with E-state index in [1.807, 2.05) is 0 Å². The fourth-order valence-corrected chi connectivity index (χ4v) is 1.34. The molecule has 2 rings (SSSR count). The van der Waals surface area contributed by atoms with Crippen molar-refractivity contribution in [1.29, 1.82) is 0 Å². The highest BCUT2D eigenvalue weighted by molar-refractivity contribution is 6.04. The van der Waals surface area contributed by atoms with E-state index in [1.165, 1.54) is 30.5 Å². The van der Waals surface area contributed by atoms with E-state index in [4.69, 9.17) is 0 Å². The molecule has 0 unspecified atom stereocenters. The molecule has 86 valence electrons. The van der Waals surface area contributed by atoms with Gasteiger partial charge in [0.1, 0.15) is 5.82 Å². The SMILES string of the molecule is O=C(Nc1ccccc1F)c1cc[nH]c(=O)c1. The number of para-hydroxylation sites is 1.